The second kappa shape index (κ2) is 7.13. The molecule has 0 saturated carbocycles. The summed E-state index contributed by atoms with van der Waals surface area (Å²) in [7, 11) is 0. The molecular formula is C19H16N2O4S2. The van der Waals surface area contributed by atoms with Crippen LogP contribution in [-0.2, 0) is 13.0 Å². The van der Waals surface area contributed by atoms with Gasteiger partial charge in [0.15, 0.2) is 0 Å². The first-order valence-electron chi connectivity index (χ1n) is 8.45. The fourth-order valence-electron chi connectivity index (χ4n) is 2.99. The Balaban J connectivity index is 1.87. The average Bonchev–Trinajstić information content (AvgIpc) is 3.37. The Morgan fingerprint density at radius 1 is 1.30 bits per heavy atom. The Kier molecular flexibility index (Phi) is 4.67. The highest BCUT2D eigenvalue weighted by Crippen LogP contribution is 2.33. The van der Waals surface area contributed by atoms with Crippen LogP contribution in [0.15, 0.2) is 44.2 Å². The van der Waals surface area contributed by atoms with E-state index >= 15 is 0 Å². The van der Waals surface area contributed by atoms with E-state index < -0.39 is 5.97 Å². The lowest BCUT2D eigenvalue weighted by molar-refractivity contribution is 0.0660. The van der Waals surface area contributed by atoms with Crippen LogP contribution in [0.5, 0.6) is 0 Å². The van der Waals surface area contributed by atoms with Crippen molar-refractivity contribution in [3.63, 3.8) is 0 Å². The van der Waals surface area contributed by atoms with Gasteiger partial charge in [0, 0.05) is 22.2 Å². The van der Waals surface area contributed by atoms with Crippen LogP contribution in [0.25, 0.3) is 20.7 Å². The fourth-order valence-corrected chi connectivity index (χ4v) is 4.76. The van der Waals surface area contributed by atoms with Gasteiger partial charge in [0.1, 0.15) is 16.4 Å². The molecule has 4 aromatic rings. The average molecular weight is 400 g/mol. The van der Waals surface area contributed by atoms with E-state index in [1.54, 1.807) is 22.0 Å². The third kappa shape index (κ3) is 3.22. The first kappa shape index (κ1) is 17.7. The van der Waals surface area contributed by atoms with Crippen LogP contribution in [0.1, 0.15) is 35.5 Å². The van der Waals surface area contributed by atoms with Gasteiger partial charge in [-0.3, -0.25) is 9.36 Å². The minimum Gasteiger partial charge on any atom is -0.475 e. The molecule has 0 unspecified atom stereocenters. The van der Waals surface area contributed by atoms with E-state index in [1.165, 1.54) is 17.4 Å². The Labute approximate surface area is 162 Å². The number of hydrogen-bond donors (Lipinski definition) is 1. The number of rotatable bonds is 6. The molecule has 0 fully saturated rings. The van der Waals surface area contributed by atoms with Gasteiger partial charge in [-0.25, -0.2) is 9.78 Å². The van der Waals surface area contributed by atoms with Gasteiger partial charge in [-0.05, 0) is 30.0 Å². The largest absolute Gasteiger partial charge is 0.475 e. The standard InChI is InChI=1S/C19H16N2O4S2/c1-2-4-15-20-17-16(12(10-27-17)14-5-3-8-26-14)18(22)21(15)9-11-6-7-13(25-11)19(23)24/h3,5-8,10H,2,4,9H2,1H3,(H,23,24). The van der Waals surface area contributed by atoms with Crippen molar-refractivity contribution in [2.75, 3.05) is 0 Å². The molecule has 4 heterocycles. The molecule has 0 spiro atoms. The minimum atomic E-state index is -1.13. The number of carboxylic acids is 1. The highest BCUT2D eigenvalue weighted by Gasteiger charge is 2.19. The van der Waals surface area contributed by atoms with Crippen LogP contribution in [0.2, 0.25) is 0 Å². The molecule has 0 aliphatic rings. The predicted molar refractivity (Wildman–Crippen MR) is 106 cm³/mol. The van der Waals surface area contributed by atoms with E-state index in [-0.39, 0.29) is 17.9 Å². The van der Waals surface area contributed by atoms with Gasteiger partial charge < -0.3 is 9.52 Å². The Morgan fingerprint density at radius 3 is 2.81 bits per heavy atom. The molecule has 0 aromatic carbocycles. The summed E-state index contributed by atoms with van der Waals surface area (Å²) in [6.07, 6.45) is 1.50. The molecule has 138 valence electrons. The molecule has 0 aliphatic heterocycles. The number of nitrogens with zero attached hydrogens (tertiary/aromatic N) is 2. The lowest BCUT2D eigenvalue weighted by atomic mass is 10.2. The molecule has 8 heteroatoms. The van der Waals surface area contributed by atoms with Crippen LogP contribution >= 0.6 is 22.7 Å². The quantitative estimate of drug-likeness (QED) is 0.516. The lowest BCUT2D eigenvalue weighted by Gasteiger charge is -2.11. The van der Waals surface area contributed by atoms with Crippen molar-refractivity contribution in [1.29, 1.82) is 0 Å². The van der Waals surface area contributed by atoms with Gasteiger partial charge in [-0.2, -0.15) is 0 Å². The van der Waals surface area contributed by atoms with Crippen molar-refractivity contribution in [2.45, 2.75) is 26.3 Å². The number of fused-ring (bicyclic) bond motifs is 1. The molecule has 0 aliphatic carbocycles. The predicted octanol–water partition coefficient (Wildman–Crippen LogP) is 4.48. The zero-order chi connectivity index (χ0) is 19.0. The molecule has 0 atom stereocenters. The van der Waals surface area contributed by atoms with Crippen LogP contribution in [0.3, 0.4) is 0 Å². The molecule has 1 N–H and O–H groups in total. The third-order valence-corrected chi connectivity index (χ3v) is 5.99. The lowest BCUT2D eigenvalue weighted by Crippen LogP contribution is -2.25. The van der Waals surface area contributed by atoms with Crippen molar-refractivity contribution >= 4 is 38.9 Å². The number of carbonyl (C=O) groups is 1. The first-order chi connectivity index (χ1) is 13.1. The van der Waals surface area contributed by atoms with Gasteiger partial charge in [0.05, 0.1) is 11.9 Å². The van der Waals surface area contributed by atoms with E-state index in [9.17, 15) is 9.59 Å². The maximum Gasteiger partial charge on any atom is 0.371 e. The van der Waals surface area contributed by atoms with E-state index in [0.29, 0.717) is 23.4 Å². The summed E-state index contributed by atoms with van der Waals surface area (Å²) in [4.78, 5) is 30.9. The molecule has 0 bridgehead atoms. The molecule has 0 radical (unpaired) electrons. The summed E-state index contributed by atoms with van der Waals surface area (Å²) in [5.41, 5.74) is 0.770. The number of aryl methyl sites for hydroxylation is 1. The number of thiophene rings is 2. The fraction of sp³-hybridized carbons (Fsp3) is 0.211. The maximum absolute atomic E-state index is 13.3. The van der Waals surface area contributed by atoms with Crippen LogP contribution < -0.4 is 5.56 Å². The molecular weight excluding hydrogens is 384 g/mol. The topological polar surface area (TPSA) is 85.3 Å². The van der Waals surface area contributed by atoms with Crippen LogP contribution in [-0.4, -0.2) is 20.6 Å². The van der Waals surface area contributed by atoms with Crippen molar-refractivity contribution in [3.05, 3.63) is 62.7 Å². The maximum atomic E-state index is 13.3. The summed E-state index contributed by atoms with van der Waals surface area (Å²) in [5, 5.41) is 13.6. The normalized spacial score (nSPS) is 11.3. The number of aromatic carboxylic acids is 1. The number of aromatic nitrogens is 2. The molecule has 0 amide bonds. The summed E-state index contributed by atoms with van der Waals surface area (Å²) in [6.45, 7) is 2.19. The van der Waals surface area contributed by atoms with E-state index in [1.807, 2.05) is 29.8 Å². The highest BCUT2D eigenvalue weighted by atomic mass is 32.1. The second-order valence-electron chi connectivity index (χ2n) is 6.05. The monoisotopic (exact) mass is 400 g/mol. The van der Waals surface area contributed by atoms with Crippen LogP contribution in [0.4, 0.5) is 0 Å². The van der Waals surface area contributed by atoms with Crippen molar-refractivity contribution in [3.8, 4) is 10.4 Å². The van der Waals surface area contributed by atoms with E-state index in [0.717, 1.165) is 21.7 Å². The Bertz CT molecular complexity index is 1170. The van der Waals surface area contributed by atoms with Gasteiger partial charge in [0.2, 0.25) is 5.76 Å². The van der Waals surface area contributed by atoms with Crippen molar-refractivity contribution in [2.24, 2.45) is 0 Å². The second-order valence-corrected chi connectivity index (χ2v) is 7.85. The summed E-state index contributed by atoms with van der Waals surface area (Å²) in [6, 6.07) is 6.93. The van der Waals surface area contributed by atoms with Gasteiger partial charge >= 0.3 is 5.97 Å². The SMILES string of the molecule is CCCc1nc2scc(-c3cccs3)c2c(=O)n1Cc1ccc(C(=O)O)o1. The van der Waals surface area contributed by atoms with E-state index in [2.05, 4.69) is 0 Å². The number of furan rings is 1. The Hall–Kier alpha value is -2.71. The van der Waals surface area contributed by atoms with E-state index in [4.69, 9.17) is 14.5 Å². The van der Waals surface area contributed by atoms with Crippen molar-refractivity contribution in [1.82, 2.24) is 9.55 Å². The molecule has 4 aromatic heterocycles. The molecule has 6 nitrogen and oxygen atoms in total. The summed E-state index contributed by atoms with van der Waals surface area (Å²) >= 11 is 3.05. The first-order valence-corrected chi connectivity index (χ1v) is 10.2. The van der Waals surface area contributed by atoms with Gasteiger partial charge in [0.25, 0.3) is 5.56 Å². The highest BCUT2D eigenvalue weighted by molar-refractivity contribution is 7.18. The number of carboxylic acid groups (broad SMARTS) is 1. The summed E-state index contributed by atoms with van der Waals surface area (Å²) < 4.78 is 6.95. The zero-order valence-corrected chi connectivity index (χ0v) is 16.1. The molecule has 4 rings (SSSR count). The third-order valence-electron chi connectivity index (χ3n) is 4.22. The summed E-state index contributed by atoms with van der Waals surface area (Å²) in [5.74, 6) is -0.170. The van der Waals surface area contributed by atoms with Gasteiger partial charge in [-0.15, -0.1) is 22.7 Å². The van der Waals surface area contributed by atoms with Crippen molar-refractivity contribution < 1.29 is 14.3 Å². The number of hydrogen-bond acceptors (Lipinski definition) is 6. The van der Waals surface area contributed by atoms with Crippen LogP contribution in [0, 0.1) is 0 Å². The van der Waals surface area contributed by atoms with Gasteiger partial charge in [-0.1, -0.05) is 13.0 Å². The molecule has 27 heavy (non-hydrogen) atoms. The molecule has 0 saturated heterocycles. The Morgan fingerprint density at radius 2 is 2.15 bits per heavy atom. The minimum absolute atomic E-state index is 0.124. The zero-order valence-electron chi connectivity index (χ0n) is 14.5. The smallest absolute Gasteiger partial charge is 0.371 e.